The predicted octanol–water partition coefficient (Wildman–Crippen LogP) is 13.5. The van der Waals surface area contributed by atoms with E-state index in [-0.39, 0.29) is 17.5 Å². The molecule has 3 aliphatic heterocycles. The van der Waals surface area contributed by atoms with Crippen LogP contribution >= 0.6 is 0 Å². The van der Waals surface area contributed by atoms with Gasteiger partial charge < -0.3 is 23.7 Å². The molecule has 0 unspecified atom stereocenters. The molecule has 0 amide bonds. The van der Waals surface area contributed by atoms with Crippen LogP contribution in [0.4, 0.5) is 34.1 Å². The standard InChI is InChI=1S/C60H49BN2O3/c1-36-26-52-58-53(27-36)63(50-23-21-41(59(2,3)4)33-48(50)61(58)49-34-56-57(65-25-24-64-56)35-51(49)62(52)42-15-8-7-9-16-42)43-29-39(28-40(30-43)55-32-38-14-10-13-19-54(38)66-55)37-20-22-45-44-17-11-12-18-46(44)60(5,6)47(45)31-37/h7-23,26-35H,24-25H2,1-6H3. The van der Waals surface area contributed by atoms with Crippen LogP contribution < -0.4 is 35.7 Å². The highest BCUT2D eigenvalue weighted by Gasteiger charge is 2.45. The second kappa shape index (κ2) is 14.0. The van der Waals surface area contributed by atoms with Gasteiger partial charge in [0.25, 0.3) is 6.71 Å². The lowest BCUT2D eigenvalue weighted by atomic mass is 9.33. The van der Waals surface area contributed by atoms with Crippen LogP contribution in [0.15, 0.2) is 168 Å². The Balaban J connectivity index is 1.09. The summed E-state index contributed by atoms with van der Waals surface area (Å²) in [6, 6.07) is 60.7. The van der Waals surface area contributed by atoms with Gasteiger partial charge in [-0.1, -0.05) is 120 Å². The molecule has 0 atom stereocenters. The van der Waals surface area contributed by atoms with Crippen LogP contribution in [-0.2, 0) is 10.8 Å². The van der Waals surface area contributed by atoms with Crippen LogP contribution in [-0.4, -0.2) is 19.9 Å². The Morgan fingerprint density at radius 3 is 2.00 bits per heavy atom. The van der Waals surface area contributed by atoms with Crippen molar-refractivity contribution in [3.63, 3.8) is 0 Å². The SMILES string of the molecule is Cc1cc2c3c(c1)N(c1ccccc1)c1cc4c(cc1B3c1cc(C(C)(C)C)ccc1N2c1cc(-c2ccc3c(c2)C(C)(C)c2ccccc2-3)cc(-c2cc3ccccc3o2)c1)OCCO4. The molecule has 4 aliphatic rings. The van der Waals surface area contributed by atoms with Crippen LogP contribution in [0, 0.1) is 6.92 Å². The fraction of sp³-hybridized carbons (Fsp3) is 0.167. The molecule has 9 aromatic rings. The van der Waals surface area contributed by atoms with Gasteiger partial charge in [0.05, 0.1) is 0 Å². The molecule has 4 heterocycles. The number of furan rings is 1. The second-order valence-electron chi connectivity index (χ2n) is 20.1. The summed E-state index contributed by atoms with van der Waals surface area (Å²) in [6.45, 7) is 14.9. The van der Waals surface area contributed by atoms with E-state index in [4.69, 9.17) is 13.9 Å². The summed E-state index contributed by atoms with van der Waals surface area (Å²) < 4.78 is 19.4. The van der Waals surface area contributed by atoms with Crippen LogP contribution in [0.3, 0.4) is 0 Å². The number of nitrogens with zero attached hydrogens (tertiary/aromatic N) is 2. The van der Waals surface area contributed by atoms with E-state index < -0.39 is 0 Å². The highest BCUT2D eigenvalue weighted by molar-refractivity contribution is 7.00. The molecule has 0 spiro atoms. The van der Waals surface area contributed by atoms with E-state index in [2.05, 4.69) is 209 Å². The molecule has 0 saturated heterocycles. The first kappa shape index (κ1) is 39.0. The lowest BCUT2D eigenvalue weighted by Crippen LogP contribution is -2.61. The van der Waals surface area contributed by atoms with Crippen molar-refractivity contribution in [3.05, 3.63) is 186 Å². The van der Waals surface area contributed by atoms with Crippen molar-refractivity contribution in [1.29, 1.82) is 0 Å². The Labute approximate surface area is 387 Å². The highest BCUT2D eigenvalue weighted by Crippen LogP contribution is 2.52. The predicted molar refractivity (Wildman–Crippen MR) is 273 cm³/mol. The Morgan fingerprint density at radius 2 is 1.21 bits per heavy atom. The molecule has 66 heavy (non-hydrogen) atoms. The van der Waals surface area contributed by atoms with E-state index in [9.17, 15) is 0 Å². The summed E-state index contributed by atoms with van der Waals surface area (Å²) in [6.07, 6.45) is 0. The topological polar surface area (TPSA) is 38.1 Å². The monoisotopic (exact) mass is 856 g/mol. The lowest BCUT2D eigenvalue weighted by Gasteiger charge is -2.45. The lowest BCUT2D eigenvalue weighted by molar-refractivity contribution is 0.172. The zero-order valence-corrected chi connectivity index (χ0v) is 38.2. The summed E-state index contributed by atoms with van der Waals surface area (Å²) in [7, 11) is 0. The van der Waals surface area contributed by atoms with Crippen LogP contribution in [0.25, 0.3) is 44.5 Å². The molecule has 0 saturated carbocycles. The molecule has 0 bridgehead atoms. The van der Waals surface area contributed by atoms with E-state index >= 15 is 0 Å². The molecular weight excluding hydrogens is 807 g/mol. The van der Waals surface area contributed by atoms with Gasteiger partial charge in [0.1, 0.15) is 24.6 Å². The van der Waals surface area contributed by atoms with Gasteiger partial charge in [0, 0.05) is 56.6 Å². The molecule has 320 valence electrons. The zero-order chi connectivity index (χ0) is 44.6. The van der Waals surface area contributed by atoms with Gasteiger partial charge in [0.15, 0.2) is 11.5 Å². The van der Waals surface area contributed by atoms with Crippen molar-refractivity contribution in [2.75, 3.05) is 23.0 Å². The Kier molecular flexibility index (Phi) is 8.29. The first-order valence-electron chi connectivity index (χ1n) is 23.3. The molecule has 1 aromatic heterocycles. The van der Waals surface area contributed by atoms with Gasteiger partial charge in [-0.15, -0.1) is 0 Å². The summed E-state index contributed by atoms with van der Waals surface area (Å²) in [5, 5.41) is 1.08. The van der Waals surface area contributed by atoms with E-state index in [0.29, 0.717) is 13.2 Å². The van der Waals surface area contributed by atoms with E-state index in [1.807, 2.05) is 6.07 Å². The number of hydrogen-bond donors (Lipinski definition) is 0. The van der Waals surface area contributed by atoms with Crippen molar-refractivity contribution >= 4 is 68.2 Å². The number of para-hydroxylation sites is 2. The van der Waals surface area contributed by atoms with E-state index in [1.165, 1.54) is 55.3 Å². The maximum Gasteiger partial charge on any atom is 0.252 e. The van der Waals surface area contributed by atoms with Crippen LogP contribution in [0.1, 0.15) is 56.9 Å². The number of ether oxygens (including phenoxy) is 2. The van der Waals surface area contributed by atoms with E-state index in [0.717, 1.165) is 73.5 Å². The number of benzene rings is 8. The molecule has 0 radical (unpaired) electrons. The van der Waals surface area contributed by atoms with Crippen molar-refractivity contribution in [2.45, 2.75) is 52.4 Å². The van der Waals surface area contributed by atoms with Gasteiger partial charge in [0.2, 0.25) is 0 Å². The van der Waals surface area contributed by atoms with Gasteiger partial charge in [-0.25, -0.2) is 0 Å². The maximum absolute atomic E-state index is 6.71. The molecule has 1 aliphatic carbocycles. The quantitative estimate of drug-likeness (QED) is 0.165. The Bertz CT molecular complexity index is 3460. The van der Waals surface area contributed by atoms with Gasteiger partial charge in [-0.2, -0.15) is 0 Å². The molecule has 8 aromatic carbocycles. The average Bonchev–Trinajstić information content (AvgIpc) is 3.86. The van der Waals surface area contributed by atoms with Gasteiger partial charge in [-0.3, -0.25) is 0 Å². The average molecular weight is 857 g/mol. The molecule has 0 fully saturated rings. The van der Waals surface area contributed by atoms with Gasteiger partial charge in [-0.05, 0) is 146 Å². The molecule has 5 nitrogen and oxygen atoms in total. The number of fused-ring (bicyclic) bond motifs is 9. The zero-order valence-electron chi connectivity index (χ0n) is 38.2. The van der Waals surface area contributed by atoms with E-state index in [1.54, 1.807) is 0 Å². The number of aryl methyl sites for hydroxylation is 1. The third-order valence-electron chi connectivity index (χ3n) is 14.6. The van der Waals surface area contributed by atoms with Crippen molar-refractivity contribution in [3.8, 4) is 45.1 Å². The number of rotatable bonds is 4. The summed E-state index contributed by atoms with van der Waals surface area (Å²) in [4.78, 5) is 4.96. The fourth-order valence-electron chi connectivity index (χ4n) is 11.3. The number of anilines is 6. The first-order valence-corrected chi connectivity index (χ1v) is 23.3. The summed E-state index contributed by atoms with van der Waals surface area (Å²) >= 11 is 0. The van der Waals surface area contributed by atoms with Crippen molar-refractivity contribution < 1.29 is 13.9 Å². The third kappa shape index (κ3) is 5.80. The molecule has 6 heteroatoms. The minimum absolute atomic E-state index is 0.0754. The largest absolute Gasteiger partial charge is 0.486 e. The second-order valence-corrected chi connectivity index (χ2v) is 20.1. The maximum atomic E-state index is 6.71. The smallest absolute Gasteiger partial charge is 0.252 e. The van der Waals surface area contributed by atoms with Crippen LogP contribution in [0.2, 0.25) is 0 Å². The normalized spacial score (nSPS) is 15.0. The fourth-order valence-corrected chi connectivity index (χ4v) is 11.3. The Hall–Kier alpha value is -7.44. The molecule has 13 rings (SSSR count). The van der Waals surface area contributed by atoms with Gasteiger partial charge >= 0.3 is 0 Å². The molecular formula is C60H49BN2O3. The minimum Gasteiger partial charge on any atom is -0.486 e. The Morgan fingerprint density at radius 1 is 0.530 bits per heavy atom. The van der Waals surface area contributed by atoms with Crippen LogP contribution in [0.5, 0.6) is 11.5 Å². The van der Waals surface area contributed by atoms with Crippen molar-refractivity contribution in [1.82, 2.24) is 0 Å². The third-order valence-corrected chi connectivity index (χ3v) is 14.6. The van der Waals surface area contributed by atoms with Crippen molar-refractivity contribution in [2.24, 2.45) is 0 Å². The minimum atomic E-state index is -0.134. The highest BCUT2D eigenvalue weighted by atomic mass is 16.6. The first-order chi connectivity index (χ1) is 32.0. The number of hydrogen-bond acceptors (Lipinski definition) is 5. The summed E-state index contributed by atoms with van der Waals surface area (Å²) in [5.74, 6) is 2.42. The summed E-state index contributed by atoms with van der Waals surface area (Å²) in [5.41, 5.74) is 22.3. The molecule has 0 N–H and O–H groups in total.